The number of ether oxygens (including phenoxy) is 2. The number of benzene rings is 3. The maximum atomic E-state index is 13.8. The molecule has 234 valence electrons. The van der Waals surface area contributed by atoms with E-state index in [1.165, 1.54) is 9.31 Å². The first-order valence-electron chi connectivity index (χ1n) is 14.5. The number of nitrogens with two attached hydrogens (primary N) is 2. The number of hydrazine groups is 1. The number of carbonyl (C=O) groups is 2. The molecule has 2 aliphatic heterocycles. The molecule has 1 fully saturated rings. The van der Waals surface area contributed by atoms with Crippen molar-refractivity contribution >= 4 is 39.0 Å². The second-order valence-electron chi connectivity index (χ2n) is 11.4. The number of esters is 2. The molecular weight excluding hydrogens is 582 g/mol. The van der Waals surface area contributed by atoms with Crippen LogP contribution in [0.3, 0.4) is 0 Å². The Morgan fingerprint density at radius 1 is 1.14 bits per heavy atom. The Balaban J connectivity index is 1.52. The molecule has 2 atom stereocenters. The van der Waals surface area contributed by atoms with Gasteiger partial charge >= 0.3 is 11.9 Å². The molecule has 0 aromatic heterocycles. The van der Waals surface area contributed by atoms with E-state index >= 15 is 0 Å². The van der Waals surface area contributed by atoms with E-state index in [0.717, 1.165) is 27.8 Å². The van der Waals surface area contributed by atoms with Crippen LogP contribution < -0.4 is 21.5 Å². The van der Waals surface area contributed by atoms with Gasteiger partial charge in [0.15, 0.2) is 0 Å². The number of nitrogens with zero attached hydrogens (tertiary/aromatic N) is 3. The van der Waals surface area contributed by atoms with Gasteiger partial charge in [0.25, 0.3) is 0 Å². The van der Waals surface area contributed by atoms with Crippen LogP contribution in [0.1, 0.15) is 46.6 Å². The van der Waals surface area contributed by atoms with Crippen molar-refractivity contribution in [3.8, 4) is 0 Å². The number of fused-ring (bicyclic) bond motifs is 1. The topological polar surface area (TPSA) is 148 Å². The summed E-state index contributed by atoms with van der Waals surface area (Å²) < 4.78 is 39.6. The van der Waals surface area contributed by atoms with Crippen molar-refractivity contribution in [3.63, 3.8) is 0 Å². The maximum absolute atomic E-state index is 13.8. The third kappa shape index (κ3) is 6.10. The Labute approximate surface area is 258 Å². The Bertz CT molecular complexity index is 1690. The largest absolute Gasteiger partial charge is 0.463 e. The van der Waals surface area contributed by atoms with Crippen molar-refractivity contribution in [2.75, 3.05) is 49.4 Å². The molecular formula is C32H39N5O6S. The molecule has 3 aromatic carbocycles. The van der Waals surface area contributed by atoms with Crippen LogP contribution in [-0.2, 0) is 35.6 Å². The van der Waals surface area contributed by atoms with Crippen molar-refractivity contribution in [1.29, 1.82) is 0 Å². The molecule has 4 N–H and O–H groups in total. The average molecular weight is 622 g/mol. The SMILES string of the molecule is Cc1ccc(C(CC(=O)OC2CCOC2=O)c2ccc(N(C)N)c(N)c2C)cc1CN1CCN(C)c2ccccc2S1(=O)=O. The normalized spacial score (nSPS) is 18.7. The number of hydrogen-bond donors (Lipinski definition) is 2. The lowest BCUT2D eigenvalue weighted by molar-refractivity contribution is -0.160. The highest BCUT2D eigenvalue weighted by molar-refractivity contribution is 7.89. The number of rotatable bonds is 8. The fourth-order valence-electron chi connectivity index (χ4n) is 5.85. The van der Waals surface area contributed by atoms with Crippen LogP contribution in [-0.4, -0.2) is 64.6 Å². The van der Waals surface area contributed by atoms with E-state index in [2.05, 4.69) is 0 Å². The van der Waals surface area contributed by atoms with Crippen LogP contribution in [0, 0.1) is 13.8 Å². The van der Waals surface area contributed by atoms with Gasteiger partial charge in [-0.1, -0.05) is 36.4 Å². The zero-order valence-electron chi connectivity index (χ0n) is 25.4. The van der Waals surface area contributed by atoms with Crippen molar-refractivity contribution < 1.29 is 27.5 Å². The van der Waals surface area contributed by atoms with E-state index in [0.29, 0.717) is 36.6 Å². The van der Waals surface area contributed by atoms with Crippen molar-refractivity contribution in [1.82, 2.24) is 4.31 Å². The van der Waals surface area contributed by atoms with E-state index in [1.807, 2.05) is 62.2 Å². The lowest BCUT2D eigenvalue weighted by atomic mass is 9.84. The van der Waals surface area contributed by atoms with Gasteiger partial charge in [-0.05, 0) is 59.9 Å². The number of anilines is 3. The monoisotopic (exact) mass is 621 g/mol. The molecule has 1 saturated heterocycles. The zero-order chi connectivity index (χ0) is 31.8. The summed E-state index contributed by atoms with van der Waals surface area (Å²) in [5.41, 5.74) is 12.4. The van der Waals surface area contributed by atoms with Crippen molar-refractivity contribution in [2.45, 2.75) is 50.2 Å². The zero-order valence-corrected chi connectivity index (χ0v) is 26.3. The minimum atomic E-state index is -3.77. The van der Waals surface area contributed by atoms with Crippen molar-refractivity contribution in [2.24, 2.45) is 5.84 Å². The molecule has 44 heavy (non-hydrogen) atoms. The Morgan fingerprint density at radius 3 is 2.59 bits per heavy atom. The molecule has 2 aliphatic rings. The predicted molar refractivity (Wildman–Crippen MR) is 169 cm³/mol. The highest BCUT2D eigenvalue weighted by Crippen LogP contribution is 2.38. The van der Waals surface area contributed by atoms with Gasteiger partial charge in [0.1, 0.15) is 4.90 Å². The second kappa shape index (κ2) is 12.5. The summed E-state index contributed by atoms with van der Waals surface area (Å²) in [5, 5.41) is 1.43. The van der Waals surface area contributed by atoms with E-state index in [4.69, 9.17) is 21.1 Å². The summed E-state index contributed by atoms with van der Waals surface area (Å²) in [6.45, 7) is 5.03. The lowest BCUT2D eigenvalue weighted by Gasteiger charge is -2.25. The fourth-order valence-corrected chi connectivity index (χ4v) is 7.49. The molecule has 0 radical (unpaired) electrons. The number of likely N-dealkylation sites (N-methyl/N-ethyl adjacent to an activating group) is 1. The molecule has 0 spiro atoms. The van der Waals surface area contributed by atoms with Gasteiger partial charge in [0, 0.05) is 46.1 Å². The fraction of sp³-hybridized carbons (Fsp3) is 0.375. The van der Waals surface area contributed by atoms with Crippen LogP contribution in [0.15, 0.2) is 59.5 Å². The minimum absolute atomic E-state index is 0.0649. The number of sulfonamides is 1. The highest BCUT2D eigenvalue weighted by Gasteiger charge is 2.34. The number of para-hydroxylation sites is 1. The Morgan fingerprint density at radius 2 is 1.89 bits per heavy atom. The number of cyclic esters (lactones) is 1. The van der Waals surface area contributed by atoms with Crippen LogP contribution in [0.4, 0.5) is 17.1 Å². The third-order valence-electron chi connectivity index (χ3n) is 8.52. The number of nitrogen functional groups attached to an aromatic ring is 1. The summed E-state index contributed by atoms with van der Waals surface area (Å²) in [6, 6.07) is 16.5. The molecule has 3 aromatic rings. The van der Waals surface area contributed by atoms with Gasteiger partial charge in [-0.3, -0.25) is 4.79 Å². The smallest absolute Gasteiger partial charge is 0.347 e. The molecule has 2 unspecified atom stereocenters. The van der Waals surface area contributed by atoms with E-state index in [-0.39, 0.29) is 24.5 Å². The average Bonchev–Trinajstić information content (AvgIpc) is 3.35. The molecule has 11 nitrogen and oxygen atoms in total. The summed E-state index contributed by atoms with van der Waals surface area (Å²) >= 11 is 0. The summed E-state index contributed by atoms with van der Waals surface area (Å²) in [4.78, 5) is 27.4. The van der Waals surface area contributed by atoms with Crippen LogP contribution >= 0.6 is 0 Å². The van der Waals surface area contributed by atoms with Crippen LogP contribution in [0.25, 0.3) is 0 Å². The molecule has 0 amide bonds. The second-order valence-corrected chi connectivity index (χ2v) is 13.3. The Kier molecular flexibility index (Phi) is 8.87. The van der Waals surface area contributed by atoms with Gasteiger partial charge < -0.3 is 25.1 Å². The van der Waals surface area contributed by atoms with E-state index in [9.17, 15) is 18.0 Å². The summed E-state index contributed by atoms with van der Waals surface area (Å²) in [6.07, 6.45) is -0.675. The minimum Gasteiger partial charge on any atom is -0.463 e. The number of aryl methyl sites for hydroxylation is 1. The molecule has 5 rings (SSSR count). The van der Waals surface area contributed by atoms with Gasteiger partial charge in [-0.2, -0.15) is 4.31 Å². The van der Waals surface area contributed by atoms with Crippen LogP contribution in [0.2, 0.25) is 0 Å². The lowest BCUT2D eigenvalue weighted by Crippen LogP contribution is -2.33. The first kappa shape index (κ1) is 31.3. The van der Waals surface area contributed by atoms with Gasteiger partial charge in [0.2, 0.25) is 16.1 Å². The summed E-state index contributed by atoms with van der Waals surface area (Å²) in [7, 11) is -0.191. The number of hydrogen-bond acceptors (Lipinski definition) is 10. The van der Waals surface area contributed by atoms with E-state index < -0.39 is 34.0 Å². The highest BCUT2D eigenvalue weighted by atomic mass is 32.2. The van der Waals surface area contributed by atoms with E-state index in [1.54, 1.807) is 25.2 Å². The van der Waals surface area contributed by atoms with Gasteiger partial charge in [0.05, 0.1) is 30.1 Å². The molecule has 0 saturated carbocycles. The third-order valence-corrected chi connectivity index (χ3v) is 10.4. The number of carbonyl (C=O) groups excluding carboxylic acids is 2. The first-order chi connectivity index (χ1) is 20.9. The Hall–Kier alpha value is -4.13. The maximum Gasteiger partial charge on any atom is 0.347 e. The van der Waals surface area contributed by atoms with Gasteiger partial charge in [-0.15, -0.1) is 0 Å². The van der Waals surface area contributed by atoms with Crippen molar-refractivity contribution in [3.05, 3.63) is 82.4 Å². The quantitative estimate of drug-likeness (QED) is 0.166. The predicted octanol–water partition coefficient (Wildman–Crippen LogP) is 3.22. The molecule has 12 heteroatoms. The molecule has 2 heterocycles. The first-order valence-corrected chi connectivity index (χ1v) is 16.0. The van der Waals surface area contributed by atoms with Crippen LogP contribution in [0.5, 0.6) is 0 Å². The molecule has 0 bridgehead atoms. The molecule has 0 aliphatic carbocycles. The van der Waals surface area contributed by atoms with Gasteiger partial charge in [-0.25, -0.2) is 19.1 Å². The standard InChI is InChI=1S/C32H39N5O6S/c1-20-9-10-22(17-23(20)19-37-15-14-35(3)26-7-5-6-8-29(26)44(37,40)41)25(18-30(38)43-28-13-16-42-32(28)39)24-11-12-27(36(4)34)31(33)21(24)2/h5-12,17,25,28H,13-16,18-19,33-34H2,1-4H3. The summed E-state index contributed by atoms with van der Waals surface area (Å²) in [5.74, 6) is 4.39.